The Kier molecular flexibility index (Phi) is 8.09. The average Bonchev–Trinajstić information content (AvgIpc) is 3.48. The van der Waals surface area contributed by atoms with Crippen LogP contribution >= 0.6 is 38.5 Å². The predicted molar refractivity (Wildman–Crippen MR) is 154 cm³/mol. The smallest absolute Gasteiger partial charge is 0.316 e. The summed E-state index contributed by atoms with van der Waals surface area (Å²) >= 11 is 5.61. The van der Waals surface area contributed by atoms with Gasteiger partial charge < -0.3 is 20.9 Å². The van der Waals surface area contributed by atoms with Gasteiger partial charge in [-0.3, -0.25) is 0 Å². The van der Waals surface area contributed by atoms with E-state index in [0.29, 0.717) is 24.3 Å². The topological polar surface area (TPSA) is 106 Å². The number of aliphatic hydroxyl groups is 1. The summed E-state index contributed by atoms with van der Waals surface area (Å²) in [5.74, 6) is -0.330. The minimum absolute atomic E-state index is 0.149. The van der Waals surface area contributed by atoms with Gasteiger partial charge in [0.25, 0.3) is 0 Å². The van der Waals surface area contributed by atoms with Crippen LogP contribution in [0.4, 0.5) is 14.9 Å². The van der Waals surface area contributed by atoms with Crippen molar-refractivity contribution < 1.29 is 19.0 Å². The maximum atomic E-state index is 13.7. The van der Waals surface area contributed by atoms with Crippen molar-refractivity contribution >= 4 is 50.2 Å². The molecule has 2 amide bonds. The molecule has 1 fully saturated rings. The molecule has 196 valence electrons. The molecule has 38 heavy (non-hydrogen) atoms. The van der Waals surface area contributed by atoms with Crippen LogP contribution in [0.25, 0.3) is 16.9 Å². The highest BCUT2D eigenvalue weighted by Crippen LogP contribution is 2.37. The number of nitrogens with zero attached hydrogens (tertiary/aromatic N) is 3. The molecule has 2 atom stereocenters. The minimum Gasteiger partial charge on any atom is -0.376 e. The quantitative estimate of drug-likeness (QED) is 0.224. The number of aromatic nitrogens is 2. The Labute approximate surface area is 240 Å². The number of hydrogen-bond donors (Lipinski definition) is 3. The van der Waals surface area contributed by atoms with Gasteiger partial charge in [0, 0.05) is 31.9 Å². The summed E-state index contributed by atoms with van der Waals surface area (Å²) in [7, 11) is 0. The normalized spacial score (nSPS) is 17.6. The molecule has 3 aromatic carbocycles. The largest absolute Gasteiger partial charge is 0.376 e. The number of anilines is 1. The number of rotatable bonds is 7. The van der Waals surface area contributed by atoms with Crippen molar-refractivity contribution in [3.63, 3.8) is 0 Å². The average molecular weight is 692 g/mol. The van der Waals surface area contributed by atoms with Gasteiger partial charge in [0.2, 0.25) is 0 Å². The monoisotopic (exact) mass is 691 g/mol. The highest BCUT2D eigenvalue weighted by molar-refractivity contribution is 14.1. The molecule has 1 saturated heterocycles. The maximum absolute atomic E-state index is 13.7. The van der Waals surface area contributed by atoms with Crippen molar-refractivity contribution in [2.75, 3.05) is 18.5 Å². The second-order valence-corrected chi connectivity index (χ2v) is 10.9. The van der Waals surface area contributed by atoms with Crippen molar-refractivity contribution in [2.24, 2.45) is 5.73 Å². The van der Waals surface area contributed by atoms with Crippen molar-refractivity contribution in [1.82, 2.24) is 14.7 Å². The number of primary amides is 1. The molecule has 0 radical (unpaired) electrons. The standard InChI is InChI=1S/C27H24BrFIN5O3/c28-18-4-8-20(9-5-18)35-14-21(25(33-35)17-2-6-19(29)7-3-17)26-34(24(36)15-38-26)12-11-16-1-10-23(22(30)13-16)32-27(31)37/h1-10,13-14,24,26,36H,11-12,15H2,(H3,31,32,37)/t24?,26-/m1/s1. The fourth-order valence-electron chi connectivity index (χ4n) is 4.39. The van der Waals surface area contributed by atoms with Gasteiger partial charge in [-0.2, -0.15) is 5.10 Å². The van der Waals surface area contributed by atoms with Crippen LogP contribution in [0.5, 0.6) is 0 Å². The lowest BCUT2D eigenvalue weighted by molar-refractivity contribution is -0.000587. The molecule has 11 heteroatoms. The van der Waals surface area contributed by atoms with E-state index < -0.39 is 18.5 Å². The number of carbonyl (C=O) groups excluding carboxylic acids is 1. The molecule has 5 rings (SSSR count). The van der Waals surface area contributed by atoms with Crippen LogP contribution in [0.2, 0.25) is 0 Å². The van der Waals surface area contributed by atoms with Crippen LogP contribution in [0.15, 0.2) is 77.4 Å². The molecule has 8 nitrogen and oxygen atoms in total. The Balaban J connectivity index is 1.44. The lowest BCUT2D eigenvalue weighted by Gasteiger charge is -2.25. The van der Waals surface area contributed by atoms with E-state index in [4.69, 9.17) is 15.6 Å². The summed E-state index contributed by atoms with van der Waals surface area (Å²) in [5.41, 5.74) is 9.93. The van der Waals surface area contributed by atoms with Crippen LogP contribution < -0.4 is 11.1 Å². The number of aliphatic hydroxyl groups excluding tert-OH is 1. The first kappa shape index (κ1) is 26.8. The van der Waals surface area contributed by atoms with Crippen molar-refractivity contribution in [3.05, 3.63) is 97.9 Å². The molecule has 4 aromatic rings. The predicted octanol–water partition coefficient (Wildman–Crippen LogP) is 5.43. The molecule has 0 spiro atoms. The van der Waals surface area contributed by atoms with E-state index in [9.17, 15) is 14.3 Å². The van der Waals surface area contributed by atoms with E-state index in [1.165, 1.54) is 12.1 Å². The van der Waals surface area contributed by atoms with Gasteiger partial charge >= 0.3 is 6.03 Å². The Morgan fingerprint density at radius 1 is 1.18 bits per heavy atom. The summed E-state index contributed by atoms with van der Waals surface area (Å²) in [6.45, 7) is 0.660. The zero-order valence-corrected chi connectivity index (χ0v) is 23.8. The SMILES string of the molecule is NC(=O)Nc1ccc(CCN2C(O)CO[C@@H]2c2cn(-c3ccc(Br)cc3)nc2-c2ccc(F)cc2)cc1I. The number of urea groups is 1. The zero-order valence-electron chi connectivity index (χ0n) is 20.0. The Bertz CT molecular complexity index is 1450. The van der Waals surface area contributed by atoms with Crippen LogP contribution in [0.3, 0.4) is 0 Å². The minimum atomic E-state index is -0.799. The van der Waals surface area contributed by atoms with E-state index in [1.807, 2.05) is 53.6 Å². The first-order chi connectivity index (χ1) is 18.3. The van der Waals surface area contributed by atoms with Gasteiger partial charge in [0.05, 0.1) is 23.7 Å². The number of amides is 2. The number of nitrogens with two attached hydrogens (primary N) is 1. The first-order valence-corrected chi connectivity index (χ1v) is 13.7. The van der Waals surface area contributed by atoms with Crippen LogP contribution in [0, 0.1) is 9.39 Å². The Morgan fingerprint density at radius 3 is 2.61 bits per heavy atom. The fourth-order valence-corrected chi connectivity index (χ4v) is 5.37. The van der Waals surface area contributed by atoms with E-state index in [2.05, 4.69) is 43.8 Å². The second-order valence-electron chi connectivity index (χ2n) is 8.82. The van der Waals surface area contributed by atoms with Gasteiger partial charge in [-0.05, 0) is 95.2 Å². The van der Waals surface area contributed by atoms with E-state index in [1.54, 1.807) is 16.8 Å². The second kappa shape index (κ2) is 11.5. The highest BCUT2D eigenvalue weighted by Gasteiger charge is 2.36. The summed E-state index contributed by atoms with van der Waals surface area (Å²) in [5, 5.41) is 18.2. The van der Waals surface area contributed by atoms with Crippen molar-refractivity contribution in [3.8, 4) is 16.9 Å². The van der Waals surface area contributed by atoms with E-state index in [-0.39, 0.29) is 12.4 Å². The number of halogens is 3. The highest BCUT2D eigenvalue weighted by atomic mass is 127. The van der Waals surface area contributed by atoms with Crippen molar-refractivity contribution in [2.45, 2.75) is 18.9 Å². The molecule has 2 heterocycles. The third-order valence-corrected chi connectivity index (χ3v) is 7.68. The summed E-state index contributed by atoms with van der Waals surface area (Å²) in [6.07, 6.45) is 1.18. The Morgan fingerprint density at radius 2 is 1.92 bits per heavy atom. The number of ether oxygens (including phenoxy) is 1. The lowest BCUT2D eigenvalue weighted by Crippen LogP contribution is -2.34. The van der Waals surface area contributed by atoms with E-state index in [0.717, 1.165) is 30.4 Å². The van der Waals surface area contributed by atoms with Crippen LogP contribution in [-0.4, -0.2) is 45.2 Å². The zero-order chi connectivity index (χ0) is 26.8. The van der Waals surface area contributed by atoms with Gasteiger partial charge in [0.15, 0.2) is 0 Å². The van der Waals surface area contributed by atoms with Crippen LogP contribution in [0.1, 0.15) is 17.4 Å². The molecule has 1 aliphatic heterocycles. The maximum Gasteiger partial charge on any atom is 0.316 e. The fraction of sp³-hybridized carbons (Fsp3) is 0.185. The Hall–Kier alpha value is -2.84. The number of hydrogen-bond acceptors (Lipinski definition) is 5. The molecular formula is C27H24BrFIN5O3. The number of benzene rings is 3. The van der Waals surface area contributed by atoms with Gasteiger partial charge in [-0.1, -0.05) is 22.0 Å². The summed E-state index contributed by atoms with van der Waals surface area (Å²) in [6, 6.07) is 19.0. The van der Waals surface area contributed by atoms with Crippen LogP contribution in [-0.2, 0) is 11.2 Å². The van der Waals surface area contributed by atoms with Gasteiger partial charge in [-0.15, -0.1) is 0 Å². The molecule has 1 aliphatic rings. The first-order valence-electron chi connectivity index (χ1n) is 11.8. The third-order valence-electron chi connectivity index (χ3n) is 6.25. The molecule has 4 N–H and O–H groups in total. The lowest BCUT2D eigenvalue weighted by atomic mass is 10.1. The molecule has 1 aromatic heterocycles. The molecule has 0 saturated carbocycles. The van der Waals surface area contributed by atoms with Crippen molar-refractivity contribution in [1.29, 1.82) is 0 Å². The van der Waals surface area contributed by atoms with Gasteiger partial charge in [0.1, 0.15) is 18.3 Å². The number of nitrogens with one attached hydrogen (secondary N) is 1. The summed E-state index contributed by atoms with van der Waals surface area (Å²) in [4.78, 5) is 13.1. The number of carbonyl (C=O) groups is 1. The van der Waals surface area contributed by atoms with Gasteiger partial charge in [-0.25, -0.2) is 18.8 Å². The third kappa shape index (κ3) is 5.91. The molecule has 0 aliphatic carbocycles. The molecule has 1 unspecified atom stereocenters. The molecular weight excluding hydrogens is 668 g/mol. The van der Waals surface area contributed by atoms with E-state index >= 15 is 0 Å². The summed E-state index contributed by atoms with van der Waals surface area (Å²) < 4.78 is 23.3. The molecule has 0 bridgehead atoms.